The maximum Gasteiger partial charge on any atom is 0.438 e. The van der Waals surface area contributed by atoms with E-state index >= 15 is 0 Å². The fraction of sp³-hybridized carbons (Fsp3) is 0.100. The van der Waals surface area contributed by atoms with Crippen LogP contribution in [0.15, 0.2) is 35.5 Å². The van der Waals surface area contributed by atoms with Gasteiger partial charge in [0.05, 0.1) is 4.88 Å². The van der Waals surface area contributed by atoms with Crippen LogP contribution < -0.4 is 0 Å². The Morgan fingerprint density at radius 2 is 1.94 bits per heavy atom. The number of thiophene rings is 1. The molecule has 0 bridgehead atoms. The molecule has 0 saturated heterocycles. The third-order valence-electron chi connectivity index (χ3n) is 2.03. The zero-order valence-corrected chi connectivity index (χ0v) is 8.64. The topological polar surface area (TPSA) is 32.6 Å². The monoisotopic (exact) mass is 245 g/mol. The number of fused-ring (bicyclic) bond motifs is 1. The number of nitrogens with zero attached hydrogens (tertiary/aromatic N) is 1. The van der Waals surface area contributed by atoms with Crippen molar-refractivity contribution in [3.63, 3.8) is 0 Å². The van der Waals surface area contributed by atoms with E-state index in [-0.39, 0.29) is 4.88 Å². The van der Waals surface area contributed by atoms with Crippen LogP contribution in [-0.4, -0.2) is 17.1 Å². The summed E-state index contributed by atoms with van der Waals surface area (Å²) < 4.78 is 38.1. The van der Waals surface area contributed by atoms with Gasteiger partial charge in [-0.05, 0) is 17.5 Å². The average molecular weight is 245 g/mol. The fourth-order valence-electron chi connectivity index (χ4n) is 1.34. The largest absolute Gasteiger partial charge is 0.438 e. The fourth-order valence-corrected chi connectivity index (χ4v) is 2.41. The van der Waals surface area contributed by atoms with Crippen LogP contribution in [0.3, 0.4) is 0 Å². The van der Waals surface area contributed by atoms with Crippen molar-refractivity contribution in [2.45, 2.75) is 6.18 Å². The molecule has 2 nitrogen and oxygen atoms in total. The number of benzene rings is 1. The molecule has 0 atom stereocenters. The lowest BCUT2D eigenvalue weighted by atomic mass is 10.2. The lowest BCUT2D eigenvalue weighted by Crippen LogP contribution is -2.22. The summed E-state index contributed by atoms with van der Waals surface area (Å²) in [5.41, 5.74) is -1.26. The molecule has 0 spiro atoms. The molecule has 1 aromatic heterocycles. The number of hydrogen-bond acceptors (Lipinski definition) is 3. The summed E-state index contributed by atoms with van der Waals surface area (Å²) >= 11 is 0.946. The molecule has 0 amide bonds. The highest BCUT2D eigenvalue weighted by atomic mass is 32.1. The van der Waals surface area contributed by atoms with Gasteiger partial charge in [-0.3, -0.25) is 0 Å². The summed E-state index contributed by atoms with van der Waals surface area (Å²) in [5, 5.41) is 11.4. The van der Waals surface area contributed by atoms with Crippen LogP contribution in [-0.2, 0) is 0 Å². The molecule has 84 valence electrons. The van der Waals surface area contributed by atoms with Crippen LogP contribution in [0.1, 0.15) is 4.88 Å². The van der Waals surface area contributed by atoms with Gasteiger partial charge in [0.1, 0.15) is 0 Å². The highest BCUT2D eigenvalue weighted by Gasteiger charge is 2.38. The Bertz CT molecular complexity index is 511. The SMILES string of the molecule is O/N=C(/c1cc2ccccc2s1)C(F)(F)F. The van der Waals surface area contributed by atoms with Crippen molar-refractivity contribution in [1.29, 1.82) is 0 Å². The molecule has 2 rings (SSSR count). The van der Waals surface area contributed by atoms with Crippen molar-refractivity contribution < 1.29 is 18.4 Å². The second-order valence-electron chi connectivity index (χ2n) is 3.09. The first-order chi connectivity index (χ1) is 7.52. The minimum atomic E-state index is -4.64. The second kappa shape index (κ2) is 3.79. The van der Waals surface area contributed by atoms with E-state index in [9.17, 15) is 13.2 Å². The summed E-state index contributed by atoms with van der Waals surface area (Å²) in [5.74, 6) is 0. The van der Waals surface area contributed by atoms with Gasteiger partial charge in [-0.2, -0.15) is 13.2 Å². The molecule has 0 aliphatic heterocycles. The highest BCUT2D eigenvalue weighted by Crippen LogP contribution is 2.31. The number of rotatable bonds is 1. The summed E-state index contributed by atoms with van der Waals surface area (Å²) in [6.07, 6.45) is -4.64. The number of alkyl halides is 3. The quantitative estimate of drug-likeness (QED) is 0.464. The molecule has 0 unspecified atom stereocenters. The maximum absolute atomic E-state index is 12.5. The molecule has 1 heterocycles. The standard InChI is InChI=1S/C10H6F3NOS/c11-10(12,13)9(14-15)8-5-6-3-1-2-4-7(6)16-8/h1-5,15H/b14-9-. The van der Waals surface area contributed by atoms with Crippen LogP contribution >= 0.6 is 11.3 Å². The average Bonchev–Trinajstić information content (AvgIpc) is 2.59. The Labute approximate surface area is 92.6 Å². The van der Waals surface area contributed by atoms with E-state index in [4.69, 9.17) is 5.21 Å². The molecule has 1 aromatic carbocycles. The maximum atomic E-state index is 12.5. The molecule has 0 radical (unpaired) electrons. The van der Waals surface area contributed by atoms with E-state index in [1.807, 2.05) is 0 Å². The van der Waals surface area contributed by atoms with Gasteiger partial charge < -0.3 is 5.21 Å². The van der Waals surface area contributed by atoms with Crippen molar-refractivity contribution in [2.75, 3.05) is 0 Å². The van der Waals surface area contributed by atoms with E-state index in [1.165, 1.54) is 6.07 Å². The normalized spacial score (nSPS) is 13.3. The zero-order valence-electron chi connectivity index (χ0n) is 7.82. The van der Waals surface area contributed by atoms with Crippen molar-refractivity contribution in [3.8, 4) is 0 Å². The van der Waals surface area contributed by atoms with Gasteiger partial charge >= 0.3 is 6.18 Å². The molecule has 6 heteroatoms. The molecule has 0 aliphatic rings. The van der Waals surface area contributed by atoms with Gasteiger partial charge in [0, 0.05) is 4.70 Å². The van der Waals surface area contributed by atoms with E-state index in [0.29, 0.717) is 5.39 Å². The van der Waals surface area contributed by atoms with Crippen molar-refractivity contribution in [1.82, 2.24) is 0 Å². The van der Waals surface area contributed by atoms with E-state index in [2.05, 4.69) is 5.16 Å². The van der Waals surface area contributed by atoms with E-state index in [0.717, 1.165) is 16.0 Å². The lowest BCUT2D eigenvalue weighted by Gasteiger charge is -2.05. The van der Waals surface area contributed by atoms with Crippen molar-refractivity contribution in [2.24, 2.45) is 5.16 Å². The minimum absolute atomic E-state index is 0.0869. The predicted octanol–water partition coefficient (Wildman–Crippen LogP) is 3.64. The predicted molar refractivity (Wildman–Crippen MR) is 56.2 cm³/mol. The Hall–Kier alpha value is -1.56. The number of halogens is 3. The van der Waals surface area contributed by atoms with E-state index < -0.39 is 11.9 Å². The highest BCUT2D eigenvalue weighted by molar-refractivity contribution is 7.21. The smallest absolute Gasteiger partial charge is 0.410 e. The first-order valence-electron chi connectivity index (χ1n) is 4.30. The summed E-state index contributed by atoms with van der Waals surface area (Å²) in [7, 11) is 0. The van der Waals surface area contributed by atoms with Gasteiger partial charge in [-0.25, -0.2) is 0 Å². The summed E-state index contributed by atoms with van der Waals surface area (Å²) in [6, 6.07) is 8.27. The van der Waals surface area contributed by atoms with Gasteiger partial charge in [-0.1, -0.05) is 23.4 Å². The van der Waals surface area contributed by atoms with Gasteiger partial charge in [0.25, 0.3) is 0 Å². The Kier molecular flexibility index (Phi) is 2.59. The molecular weight excluding hydrogens is 239 g/mol. The Morgan fingerprint density at radius 1 is 1.25 bits per heavy atom. The summed E-state index contributed by atoms with van der Waals surface area (Å²) in [4.78, 5) is -0.0869. The van der Waals surface area contributed by atoms with Crippen LogP contribution in [0.4, 0.5) is 13.2 Å². The number of oxime groups is 1. The number of hydrogen-bond donors (Lipinski definition) is 1. The first kappa shape index (κ1) is 10.9. The van der Waals surface area contributed by atoms with E-state index in [1.54, 1.807) is 24.3 Å². The van der Waals surface area contributed by atoms with Gasteiger partial charge in [-0.15, -0.1) is 11.3 Å². The molecule has 1 N–H and O–H groups in total. The summed E-state index contributed by atoms with van der Waals surface area (Å²) in [6.45, 7) is 0. The van der Waals surface area contributed by atoms with Gasteiger partial charge in [0.2, 0.25) is 5.71 Å². The molecule has 2 aromatic rings. The molecule has 0 saturated carbocycles. The van der Waals surface area contributed by atoms with Crippen LogP contribution in [0.25, 0.3) is 10.1 Å². The first-order valence-corrected chi connectivity index (χ1v) is 5.12. The third-order valence-corrected chi connectivity index (χ3v) is 3.15. The molecule has 0 aliphatic carbocycles. The van der Waals surface area contributed by atoms with Gasteiger partial charge in [0.15, 0.2) is 0 Å². The zero-order chi connectivity index (χ0) is 11.8. The van der Waals surface area contributed by atoms with Crippen LogP contribution in [0, 0.1) is 0 Å². The lowest BCUT2D eigenvalue weighted by molar-refractivity contribution is -0.0599. The van der Waals surface area contributed by atoms with Crippen molar-refractivity contribution >= 4 is 27.1 Å². The third kappa shape index (κ3) is 1.88. The Morgan fingerprint density at radius 3 is 2.50 bits per heavy atom. The van der Waals surface area contributed by atoms with Crippen LogP contribution in [0.2, 0.25) is 0 Å². The molecular formula is C10H6F3NOS. The second-order valence-corrected chi connectivity index (χ2v) is 4.18. The molecule has 0 fully saturated rings. The molecule has 16 heavy (non-hydrogen) atoms. The minimum Gasteiger partial charge on any atom is -0.410 e. The van der Waals surface area contributed by atoms with Crippen molar-refractivity contribution in [3.05, 3.63) is 35.2 Å². The Balaban J connectivity index is 2.55. The van der Waals surface area contributed by atoms with Crippen LogP contribution in [0.5, 0.6) is 0 Å².